The van der Waals surface area contributed by atoms with E-state index in [1.807, 2.05) is 0 Å². The van der Waals surface area contributed by atoms with Crippen molar-refractivity contribution >= 4 is 0 Å². The van der Waals surface area contributed by atoms with Gasteiger partial charge >= 0.3 is 0 Å². The molecular formula is C8H15N. The number of rotatable bonds is 0. The Bertz CT molecular complexity index is 116. The first-order valence-corrected chi connectivity index (χ1v) is 3.72. The molecule has 0 heterocycles. The molecule has 1 aliphatic carbocycles. The van der Waals surface area contributed by atoms with Crippen molar-refractivity contribution in [3.8, 4) is 0 Å². The summed E-state index contributed by atoms with van der Waals surface area (Å²) in [5, 5.41) is 0. The summed E-state index contributed by atoms with van der Waals surface area (Å²) >= 11 is 0. The third-order valence-electron chi connectivity index (χ3n) is 2.04. The second kappa shape index (κ2) is 2.90. The summed E-state index contributed by atoms with van der Waals surface area (Å²) in [6.45, 7) is 2.29. The van der Waals surface area contributed by atoms with E-state index in [9.17, 15) is 0 Å². The SMILES string of the molecule is CC1CCCC(=CN)C1. The highest BCUT2D eigenvalue weighted by Gasteiger charge is 2.11. The molecule has 1 unspecified atom stereocenters. The van der Waals surface area contributed by atoms with Crippen LogP contribution in [0, 0.1) is 5.92 Å². The summed E-state index contributed by atoms with van der Waals surface area (Å²) in [4.78, 5) is 0. The van der Waals surface area contributed by atoms with E-state index >= 15 is 0 Å². The number of hydrogen-bond donors (Lipinski definition) is 1. The lowest BCUT2D eigenvalue weighted by Gasteiger charge is -2.19. The van der Waals surface area contributed by atoms with Crippen molar-refractivity contribution in [2.24, 2.45) is 11.7 Å². The fraction of sp³-hybridized carbons (Fsp3) is 0.750. The molecule has 0 aromatic rings. The predicted octanol–water partition coefficient (Wildman–Crippen LogP) is 2.04. The van der Waals surface area contributed by atoms with E-state index in [2.05, 4.69) is 6.92 Å². The van der Waals surface area contributed by atoms with Crippen LogP contribution in [0.25, 0.3) is 0 Å². The van der Waals surface area contributed by atoms with Crippen molar-refractivity contribution in [1.29, 1.82) is 0 Å². The molecule has 0 radical (unpaired) electrons. The van der Waals surface area contributed by atoms with E-state index in [-0.39, 0.29) is 0 Å². The smallest absolute Gasteiger partial charge is 0.00704 e. The fourth-order valence-electron chi connectivity index (χ4n) is 1.48. The van der Waals surface area contributed by atoms with Crippen LogP contribution in [0.2, 0.25) is 0 Å². The Morgan fingerprint density at radius 1 is 1.67 bits per heavy atom. The van der Waals surface area contributed by atoms with Crippen LogP contribution in [0.3, 0.4) is 0 Å². The lowest BCUT2D eigenvalue weighted by Crippen LogP contribution is -2.05. The highest BCUT2D eigenvalue weighted by molar-refractivity contribution is 5.02. The minimum Gasteiger partial charge on any atom is -0.405 e. The van der Waals surface area contributed by atoms with Crippen molar-refractivity contribution < 1.29 is 0 Å². The van der Waals surface area contributed by atoms with Crippen molar-refractivity contribution in [3.05, 3.63) is 11.8 Å². The Hall–Kier alpha value is -0.460. The minimum atomic E-state index is 0.869. The predicted molar refractivity (Wildman–Crippen MR) is 39.9 cm³/mol. The number of hydrogen-bond acceptors (Lipinski definition) is 1. The van der Waals surface area contributed by atoms with Crippen LogP contribution < -0.4 is 5.73 Å². The molecule has 0 amide bonds. The van der Waals surface area contributed by atoms with Crippen molar-refractivity contribution in [2.75, 3.05) is 0 Å². The molecule has 0 saturated heterocycles. The van der Waals surface area contributed by atoms with Gasteiger partial charge in [-0.05, 0) is 31.4 Å². The second-order valence-electron chi connectivity index (χ2n) is 3.03. The van der Waals surface area contributed by atoms with Gasteiger partial charge in [0.25, 0.3) is 0 Å². The van der Waals surface area contributed by atoms with Gasteiger partial charge in [-0.25, -0.2) is 0 Å². The van der Waals surface area contributed by atoms with Crippen LogP contribution in [0.1, 0.15) is 32.6 Å². The monoisotopic (exact) mass is 125 g/mol. The van der Waals surface area contributed by atoms with Gasteiger partial charge in [0.2, 0.25) is 0 Å². The van der Waals surface area contributed by atoms with Gasteiger partial charge in [-0.15, -0.1) is 0 Å². The van der Waals surface area contributed by atoms with Crippen molar-refractivity contribution in [3.63, 3.8) is 0 Å². The molecule has 0 aromatic heterocycles. The summed E-state index contributed by atoms with van der Waals surface area (Å²) in [6.07, 6.45) is 6.98. The first kappa shape index (κ1) is 6.66. The van der Waals surface area contributed by atoms with E-state index in [4.69, 9.17) is 5.73 Å². The van der Waals surface area contributed by atoms with Gasteiger partial charge in [0.15, 0.2) is 0 Å². The number of nitrogens with two attached hydrogens (primary N) is 1. The molecule has 1 aliphatic rings. The molecule has 9 heavy (non-hydrogen) atoms. The molecule has 52 valence electrons. The average molecular weight is 125 g/mol. The molecule has 1 fully saturated rings. The van der Waals surface area contributed by atoms with Crippen molar-refractivity contribution in [2.45, 2.75) is 32.6 Å². The van der Waals surface area contributed by atoms with Gasteiger partial charge in [0.1, 0.15) is 0 Å². The van der Waals surface area contributed by atoms with E-state index in [1.54, 1.807) is 6.20 Å². The van der Waals surface area contributed by atoms with E-state index in [1.165, 1.54) is 31.3 Å². The zero-order chi connectivity index (χ0) is 6.69. The number of allylic oxidation sites excluding steroid dienone is 1. The third-order valence-corrected chi connectivity index (χ3v) is 2.04. The van der Waals surface area contributed by atoms with Gasteiger partial charge in [-0.2, -0.15) is 0 Å². The molecular weight excluding hydrogens is 110 g/mol. The van der Waals surface area contributed by atoms with Gasteiger partial charge in [0.05, 0.1) is 0 Å². The zero-order valence-electron chi connectivity index (χ0n) is 6.06. The maximum atomic E-state index is 5.40. The van der Waals surface area contributed by atoms with Gasteiger partial charge in [-0.1, -0.05) is 18.9 Å². The van der Waals surface area contributed by atoms with E-state index in [0.29, 0.717) is 0 Å². The zero-order valence-corrected chi connectivity index (χ0v) is 6.06. The van der Waals surface area contributed by atoms with E-state index in [0.717, 1.165) is 5.92 Å². The first-order valence-electron chi connectivity index (χ1n) is 3.72. The Morgan fingerprint density at radius 3 is 2.89 bits per heavy atom. The fourth-order valence-corrected chi connectivity index (χ4v) is 1.48. The Balaban J connectivity index is 2.41. The highest BCUT2D eigenvalue weighted by Crippen LogP contribution is 2.26. The standard InChI is InChI=1S/C8H15N/c1-7-3-2-4-8(5-7)6-9/h6-7H,2-5,9H2,1H3. The van der Waals surface area contributed by atoms with Gasteiger partial charge in [-0.3, -0.25) is 0 Å². The summed E-state index contributed by atoms with van der Waals surface area (Å²) < 4.78 is 0. The largest absolute Gasteiger partial charge is 0.405 e. The molecule has 1 rings (SSSR count). The summed E-state index contributed by atoms with van der Waals surface area (Å²) in [6, 6.07) is 0. The van der Waals surface area contributed by atoms with E-state index < -0.39 is 0 Å². The Morgan fingerprint density at radius 2 is 2.44 bits per heavy atom. The van der Waals surface area contributed by atoms with Crippen LogP contribution in [0.15, 0.2) is 11.8 Å². The maximum absolute atomic E-state index is 5.40. The van der Waals surface area contributed by atoms with Crippen LogP contribution in [0.4, 0.5) is 0 Å². The summed E-state index contributed by atoms with van der Waals surface area (Å²) in [7, 11) is 0. The molecule has 2 N–H and O–H groups in total. The Labute approximate surface area is 56.9 Å². The molecule has 1 nitrogen and oxygen atoms in total. The molecule has 0 bridgehead atoms. The summed E-state index contributed by atoms with van der Waals surface area (Å²) in [5.41, 5.74) is 6.86. The first-order chi connectivity index (χ1) is 4.33. The molecule has 0 aromatic carbocycles. The molecule has 1 atom stereocenters. The lowest BCUT2D eigenvalue weighted by molar-refractivity contribution is 0.452. The molecule has 0 spiro atoms. The molecule has 1 saturated carbocycles. The van der Waals surface area contributed by atoms with Crippen LogP contribution in [0.5, 0.6) is 0 Å². The Kier molecular flexibility index (Phi) is 2.15. The topological polar surface area (TPSA) is 26.0 Å². The quantitative estimate of drug-likeness (QED) is 0.526. The molecule has 0 aliphatic heterocycles. The maximum Gasteiger partial charge on any atom is -0.00704 e. The lowest BCUT2D eigenvalue weighted by atomic mass is 9.87. The van der Waals surface area contributed by atoms with Gasteiger partial charge < -0.3 is 5.73 Å². The summed E-state index contributed by atoms with van der Waals surface area (Å²) in [5.74, 6) is 0.869. The normalized spacial score (nSPS) is 33.0. The highest BCUT2D eigenvalue weighted by atomic mass is 14.5. The van der Waals surface area contributed by atoms with Crippen LogP contribution in [-0.4, -0.2) is 0 Å². The third kappa shape index (κ3) is 1.74. The van der Waals surface area contributed by atoms with Crippen molar-refractivity contribution in [1.82, 2.24) is 0 Å². The van der Waals surface area contributed by atoms with Crippen LogP contribution >= 0.6 is 0 Å². The second-order valence-corrected chi connectivity index (χ2v) is 3.03. The minimum absolute atomic E-state index is 0.869. The van der Waals surface area contributed by atoms with Gasteiger partial charge in [0, 0.05) is 0 Å². The van der Waals surface area contributed by atoms with Crippen LogP contribution in [-0.2, 0) is 0 Å². The molecule has 1 heteroatoms. The average Bonchev–Trinajstić information content (AvgIpc) is 1.88.